The van der Waals surface area contributed by atoms with Gasteiger partial charge in [-0.05, 0) is 64.5 Å². The van der Waals surface area contributed by atoms with E-state index < -0.39 is 0 Å². The first-order chi connectivity index (χ1) is 14.5. The number of aromatic nitrogens is 1. The first-order valence-corrected chi connectivity index (χ1v) is 11.4. The number of ether oxygens (including phenoxy) is 2. The van der Waals surface area contributed by atoms with Gasteiger partial charge >= 0.3 is 0 Å². The van der Waals surface area contributed by atoms with Crippen LogP contribution in [0.1, 0.15) is 0 Å². The number of nitrogens with one attached hydrogen (secondary N) is 1. The van der Waals surface area contributed by atoms with Crippen molar-refractivity contribution in [2.45, 2.75) is 0 Å². The summed E-state index contributed by atoms with van der Waals surface area (Å²) in [7, 11) is 1.60. The Bertz CT molecular complexity index is 1180. The van der Waals surface area contributed by atoms with Crippen LogP contribution < -0.4 is 14.8 Å². The molecule has 152 valence electrons. The molecule has 3 aromatic carbocycles. The monoisotopic (exact) mass is 546 g/mol. The highest BCUT2D eigenvalue weighted by Gasteiger charge is 2.17. The molecule has 0 atom stereocenters. The summed E-state index contributed by atoms with van der Waals surface area (Å²) in [5.41, 5.74) is 2.41. The number of carbonyl (C=O) groups is 1. The van der Waals surface area contributed by atoms with Gasteiger partial charge < -0.3 is 14.8 Å². The van der Waals surface area contributed by atoms with Crippen LogP contribution in [0.4, 0.5) is 5.69 Å². The molecule has 1 heterocycles. The summed E-state index contributed by atoms with van der Waals surface area (Å²) in [6.07, 6.45) is 0. The number of carbonyl (C=O) groups excluding carboxylic acids is 1. The van der Waals surface area contributed by atoms with Gasteiger partial charge in [0.1, 0.15) is 16.5 Å². The zero-order valence-electron chi connectivity index (χ0n) is 15.8. The Labute approximate surface area is 194 Å². The Kier molecular flexibility index (Phi) is 6.36. The van der Waals surface area contributed by atoms with Crippen LogP contribution in [0.2, 0.25) is 0 Å². The second-order valence-corrected chi connectivity index (χ2v) is 9.11. The third-order valence-electron chi connectivity index (χ3n) is 4.27. The first-order valence-electron chi connectivity index (χ1n) is 8.95. The Morgan fingerprint density at radius 2 is 1.80 bits per heavy atom. The minimum absolute atomic E-state index is 0.117. The zero-order valence-corrected chi connectivity index (χ0v) is 19.8. The third-order valence-corrected chi connectivity index (χ3v) is 6.43. The highest BCUT2D eigenvalue weighted by molar-refractivity contribution is 9.11. The van der Waals surface area contributed by atoms with E-state index in [1.54, 1.807) is 42.7 Å². The quantitative estimate of drug-likeness (QED) is 0.299. The van der Waals surface area contributed by atoms with Gasteiger partial charge in [-0.1, -0.05) is 28.1 Å². The van der Waals surface area contributed by atoms with E-state index in [2.05, 4.69) is 37.2 Å². The molecule has 0 aliphatic carbocycles. The third kappa shape index (κ3) is 4.66. The Morgan fingerprint density at radius 3 is 2.53 bits per heavy atom. The number of benzene rings is 3. The molecule has 0 fully saturated rings. The fourth-order valence-corrected chi connectivity index (χ4v) is 5.17. The van der Waals surface area contributed by atoms with Crippen molar-refractivity contribution in [2.75, 3.05) is 19.0 Å². The number of hydrogen-bond acceptors (Lipinski definition) is 5. The van der Waals surface area contributed by atoms with Crippen molar-refractivity contribution in [1.82, 2.24) is 4.98 Å². The molecule has 4 aromatic rings. The van der Waals surface area contributed by atoms with Crippen LogP contribution in [-0.2, 0) is 4.79 Å². The standard InChI is InChI=1S/C22H16Br2N2O3S/c1-28-14-6-8-15(9-7-14)29-12-20(27)26-21-16(10-13(23)11-17(21)24)22-25-18-4-2-3-5-19(18)30-22/h2-11H,12H2,1H3,(H,26,27). The van der Waals surface area contributed by atoms with Gasteiger partial charge in [0.2, 0.25) is 0 Å². The molecule has 0 aliphatic heterocycles. The lowest BCUT2D eigenvalue weighted by Crippen LogP contribution is -2.20. The van der Waals surface area contributed by atoms with Crippen LogP contribution in [0, 0.1) is 0 Å². The highest BCUT2D eigenvalue weighted by atomic mass is 79.9. The summed E-state index contributed by atoms with van der Waals surface area (Å²) in [4.78, 5) is 17.3. The number of thiazole rings is 1. The van der Waals surface area contributed by atoms with Crippen LogP contribution in [0.3, 0.4) is 0 Å². The highest BCUT2D eigenvalue weighted by Crippen LogP contribution is 2.40. The molecule has 0 spiro atoms. The second-order valence-electron chi connectivity index (χ2n) is 6.31. The topological polar surface area (TPSA) is 60.5 Å². The lowest BCUT2D eigenvalue weighted by molar-refractivity contribution is -0.118. The van der Waals surface area contributed by atoms with Crippen LogP contribution in [-0.4, -0.2) is 24.6 Å². The number of halogens is 2. The SMILES string of the molecule is COc1ccc(OCC(=O)Nc2c(Br)cc(Br)cc2-c2nc3ccccc3s2)cc1. The van der Waals surface area contributed by atoms with Gasteiger partial charge in [0.25, 0.3) is 5.91 Å². The minimum atomic E-state index is -0.267. The van der Waals surface area contributed by atoms with Crippen molar-refractivity contribution in [3.63, 3.8) is 0 Å². The van der Waals surface area contributed by atoms with Gasteiger partial charge in [-0.15, -0.1) is 11.3 Å². The largest absolute Gasteiger partial charge is 0.497 e. The number of rotatable bonds is 6. The lowest BCUT2D eigenvalue weighted by atomic mass is 10.2. The van der Waals surface area contributed by atoms with E-state index in [0.717, 1.165) is 35.5 Å². The molecule has 0 saturated heterocycles. The average Bonchev–Trinajstić information content (AvgIpc) is 3.18. The molecule has 0 radical (unpaired) electrons. The van der Waals surface area contributed by atoms with Gasteiger partial charge in [0, 0.05) is 14.5 Å². The molecular weight excluding hydrogens is 532 g/mol. The summed E-state index contributed by atoms with van der Waals surface area (Å²) in [6, 6.07) is 18.9. The van der Waals surface area contributed by atoms with Crippen molar-refractivity contribution < 1.29 is 14.3 Å². The van der Waals surface area contributed by atoms with Gasteiger partial charge in [-0.2, -0.15) is 0 Å². The first kappa shape index (κ1) is 20.8. The number of methoxy groups -OCH3 is 1. The van der Waals surface area contributed by atoms with E-state index in [1.165, 1.54) is 0 Å². The van der Waals surface area contributed by atoms with E-state index >= 15 is 0 Å². The molecule has 0 aliphatic rings. The molecule has 1 amide bonds. The molecule has 0 saturated carbocycles. The number of para-hydroxylation sites is 1. The molecule has 0 bridgehead atoms. The maximum atomic E-state index is 12.6. The summed E-state index contributed by atoms with van der Waals surface area (Å²) in [5.74, 6) is 1.05. The molecule has 1 aromatic heterocycles. The summed E-state index contributed by atoms with van der Waals surface area (Å²) in [5, 5.41) is 3.78. The van der Waals surface area contributed by atoms with Crippen molar-refractivity contribution in [1.29, 1.82) is 0 Å². The molecule has 0 unspecified atom stereocenters. The number of anilines is 1. The summed E-state index contributed by atoms with van der Waals surface area (Å²) >= 11 is 8.66. The molecule has 8 heteroatoms. The van der Waals surface area contributed by atoms with Crippen molar-refractivity contribution >= 4 is 65.0 Å². The van der Waals surface area contributed by atoms with E-state index in [9.17, 15) is 4.79 Å². The summed E-state index contributed by atoms with van der Waals surface area (Å²) in [6.45, 7) is -0.117. The van der Waals surface area contributed by atoms with Crippen LogP contribution in [0.25, 0.3) is 20.8 Å². The van der Waals surface area contributed by atoms with Gasteiger partial charge in [0.15, 0.2) is 6.61 Å². The molecule has 1 N–H and O–H groups in total. The van der Waals surface area contributed by atoms with E-state index in [4.69, 9.17) is 14.5 Å². The van der Waals surface area contributed by atoms with Crippen molar-refractivity contribution in [2.24, 2.45) is 0 Å². The molecule has 4 rings (SSSR count). The van der Waals surface area contributed by atoms with E-state index in [0.29, 0.717) is 11.4 Å². The summed E-state index contributed by atoms with van der Waals surface area (Å²) < 4.78 is 13.4. The van der Waals surface area contributed by atoms with E-state index in [-0.39, 0.29) is 12.5 Å². The Hall–Kier alpha value is -2.42. The zero-order chi connectivity index (χ0) is 21.1. The smallest absolute Gasteiger partial charge is 0.262 e. The number of nitrogens with zero attached hydrogens (tertiary/aromatic N) is 1. The van der Waals surface area contributed by atoms with Crippen LogP contribution in [0.15, 0.2) is 69.6 Å². The Balaban J connectivity index is 1.56. The second kappa shape index (κ2) is 9.16. The van der Waals surface area contributed by atoms with Gasteiger partial charge in [-0.3, -0.25) is 4.79 Å². The van der Waals surface area contributed by atoms with E-state index in [1.807, 2.05) is 36.4 Å². The fourth-order valence-electron chi connectivity index (χ4n) is 2.85. The van der Waals surface area contributed by atoms with Gasteiger partial charge in [-0.25, -0.2) is 4.98 Å². The maximum Gasteiger partial charge on any atom is 0.262 e. The van der Waals surface area contributed by atoms with Crippen LogP contribution in [0.5, 0.6) is 11.5 Å². The normalized spacial score (nSPS) is 10.8. The average molecular weight is 548 g/mol. The maximum absolute atomic E-state index is 12.6. The van der Waals surface area contributed by atoms with Crippen LogP contribution >= 0.6 is 43.2 Å². The molecule has 30 heavy (non-hydrogen) atoms. The van der Waals surface area contributed by atoms with Gasteiger partial charge in [0.05, 0.1) is 23.0 Å². The molecular formula is C22H16Br2N2O3S. The number of hydrogen-bond donors (Lipinski definition) is 1. The predicted octanol–water partition coefficient (Wildman–Crippen LogP) is 6.51. The van der Waals surface area contributed by atoms with Crippen molar-refractivity contribution in [3.8, 4) is 22.1 Å². The predicted molar refractivity (Wildman–Crippen MR) is 128 cm³/mol. The lowest BCUT2D eigenvalue weighted by Gasteiger charge is -2.13. The number of amides is 1. The fraction of sp³-hybridized carbons (Fsp3) is 0.0909. The Morgan fingerprint density at radius 1 is 1.07 bits per heavy atom. The molecule has 5 nitrogen and oxygen atoms in total. The minimum Gasteiger partial charge on any atom is -0.497 e. The number of fused-ring (bicyclic) bond motifs is 1. The van der Waals surface area contributed by atoms with Crippen molar-refractivity contribution in [3.05, 3.63) is 69.6 Å².